The Bertz CT molecular complexity index is 1470. The maximum atomic E-state index is 13.5. The van der Waals surface area contributed by atoms with Crippen molar-refractivity contribution < 1.29 is 19.0 Å². The molecule has 0 radical (unpaired) electrons. The predicted molar refractivity (Wildman–Crippen MR) is 157 cm³/mol. The highest BCUT2D eigenvalue weighted by Crippen LogP contribution is 2.40. The van der Waals surface area contributed by atoms with E-state index in [4.69, 9.17) is 37.4 Å². The number of fused-ring (bicyclic) bond motifs is 3. The SMILES string of the molecule is O=C(Oc1ccc(Cl)cc1)N1CCc2c([nH]c3ccc(Cl)cc23)[C@@H]1c1ccc(OCCCN2CCOCC2)cc1. The van der Waals surface area contributed by atoms with Crippen LogP contribution in [-0.4, -0.2) is 66.9 Å². The number of halogens is 2. The monoisotopic (exact) mass is 579 g/mol. The summed E-state index contributed by atoms with van der Waals surface area (Å²) in [5, 5.41) is 2.35. The van der Waals surface area contributed by atoms with Crippen molar-refractivity contribution in [3.63, 3.8) is 0 Å². The first-order chi connectivity index (χ1) is 19.5. The number of H-pyrrole nitrogens is 1. The van der Waals surface area contributed by atoms with Gasteiger partial charge in [0.1, 0.15) is 17.5 Å². The third-order valence-corrected chi connectivity index (χ3v) is 8.02. The number of nitrogens with one attached hydrogen (secondary N) is 1. The number of ether oxygens (including phenoxy) is 3. The van der Waals surface area contributed by atoms with Crippen molar-refractivity contribution in [3.05, 3.63) is 93.6 Å². The molecule has 6 rings (SSSR count). The molecule has 4 aromatic rings. The zero-order valence-corrected chi connectivity index (χ0v) is 23.6. The molecule has 3 heterocycles. The van der Waals surface area contributed by atoms with E-state index in [9.17, 15) is 4.79 Å². The Labute approximate surface area is 243 Å². The van der Waals surface area contributed by atoms with E-state index in [-0.39, 0.29) is 6.04 Å². The molecule has 2 aliphatic heterocycles. The van der Waals surface area contributed by atoms with Crippen LogP contribution in [0.4, 0.5) is 4.79 Å². The first kappa shape index (κ1) is 27.0. The zero-order valence-electron chi connectivity index (χ0n) is 22.1. The van der Waals surface area contributed by atoms with Gasteiger partial charge < -0.3 is 19.2 Å². The first-order valence-electron chi connectivity index (χ1n) is 13.6. The molecule has 1 atom stereocenters. The second-order valence-electron chi connectivity index (χ2n) is 10.1. The lowest BCUT2D eigenvalue weighted by atomic mass is 9.92. The van der Waals surface area contributed by atoms with E-state index in [1.54, 1.807) is 29.2 Å². The van der Waals surface area contributed by atoms with Gasteiger partial charge in [-0.05, 0) is 78.6 Å². The lowest BCUT2D eigenvalue weighted by Gasteiger charge is -2.35. The van der Waals surface area contributed by atoms with E-state index in [0.717, 1.165) is 67.2 Å². The maximum Gasteiger partial charge on any atom is 0.416 e. The van der Waals surface area contributed by atoms with Crippen molar-refractivity contribution in [3.8, 4) is 11.5 Å². The van der Waals surface area contributed by atoms with Gasteiger partial charge in [-0.1, -0.05) is 35.3 Å². The number of hydrogen-bond donors (Lipinski definition) is 1. The van der Waals surface area contributed by atoms with E-state index in [1.165, 1.54) is 5.56 Å². The van der Waals surface area contributed by atoms with Gasteiger partial charge in [0.2, 0.25) is 0 Å². The molecule has 0 spiro atoms. The van der Waals surface area contributed by atoms with Gasteiger partial charge >= 0.3 is 6.09 Å². The number of carbonyl (C=O) groups is 1. The number of nitrogens with zero attached hydrogens (tertiary/aromatic N) is 2. The number of morpholine rings is 1. The minimum Gasteiger partial charge on any atom is -0.494 e. The normalized spacial score (nSPS) is 17.6. The van der Waals surface area contributed by atoms with Gasteiger partial charge in [0.25, 0.3) is 0 Å². The maximum absolute atomic E-state index is 13.5. The van der Waals surface area contributed by atoms with Crippen LogP contribution in [-0.2, 0) is 11.2 Å². The summed E-state index contributed by atoms with van der Waals surface area (Å²) in [4.78, 5) is 21.2. The molecule has 1 fully saturated rings. The Morgan fingerprint density at radius 3 is 2.42 bits per heavy atom. The molecule has 9 heteroatoms. The van der Waals surface area contributed by atoms with Crippen molar-refractivity contribution in [1.29, 1.82) is 0 Å². The molecule has 0 unspecified atom stereocenters. The fourth-order valence-electron chi connectivity index (χ4n) is 5.52. The molecule has 1 N–H and O–H groups in total. The van der Waals surface area contributed by atoms with Crippen LogP contribution in [0.2, 0.25) is 10.0 Å². The summed E-state index contributed by atoms with van der Waals surface area (Å²) in [5.74, 6) is 1.25. The summed E-state index contributed by atoms with van der Waals surface area (Å²) >= 11 is 12.3. The van der Waals surface area contributed by atoms with E-state index in [0.29, 0.717) is 35.4 Å². The van der Waals surface area contributed by atoms with Crippen LogP contribution in [0.1, 0.15) is 29.3 Å². The van der Waals surface area contributed by atoms with Crippen molar-refractivity contribution in [1.82, 2.24) is 14.8 Å². The molecule has 0 bridgehead atoms. The summed E-state index contributed by atoms with van der Waals surface area (Å²) in [6, 6.07) is 20.3. The molecule has 40 heavy (non-hydrogen) atoms. The molecule has 7 nitrogen and oxygen atoms in total. The van der Waals surface area contributed by atoms with Crippen LogP contribution < -0.4 is 9.47 Å². The number of hydrogen-bond acceptors (Lipinski definition) is 5. The van der Waals surface area contributed by atoms with Crippen LogP contribution in [0.5, 0.6) is 11.5 Å². The molecule has 208 valence electrons. The highest BCUT2D eigenvalue weighted by atomic mass is 35.5. The molecule has 1 saturated heterocycles. The van der Waals surface area contributed by atoms with Crippen molar-refractivity contribution in [2.24, 2.45) is 0 Å². The third kappa shape index (κ3) is 5.93. The second kappa shape index (κ2) is 12.1. The van der Waals surface area contributed by atoms with E-state index in [2.05, 4.69) is 9.88 Å². The van der Waals surface area contributed by atoms with Gasteiger partial charge in [0, 0.05) is 52.8 Å². The van der Waals surface area contributed by atoms with Gasteiger partial charge in [-0.25, -0.2) is 4.79 Å². The average molecular weight is 581 g/mol. The van der Waals surface area contributed by atoms with Gasteiger partial charge in [0.05, 0.1) is 19.8 Å². The summed E-state index contributed by atoms with van der Waals surface area (Å²) in [7, 11) is 0. The van der Waals surface area contributed by atoms with Gasteiger partial charge in [0.15, 0.2) is 0 Å². The Balaban J connectivity index is 1.22. The quantitative estimate of drug-likeness (QED) is 0.246. The second-order valence-corrected chi connectivity index (χ2v) is 11.0. The number of amides is 1. The standard InChI is InChI=1S/C31H31Cl2N3O4/c32-22-4-9-25(10-5-22)40-31(37)36-14-12-26-27-20-23(33)6-11-28(27)34-29(26)30(36)21-2-7-24(8-3-21)39-17-1-13-35-15-18-38-19-16-35/h2-11,20,30,34H,1,12-19H2/t30-/m0/s1. The summed E-state index contributed by atoms with van der Waals surface area (Å²) < 4.78 is 17.2. The minimum atomic E-state index is -0.418. The Hall–Kier alpha value is -3.23. The van der Waals surface area contributed by atoms with Crippen LogP contribution in [0, 0.1) is 0 Å². The third-order valence-electron chi connectivity index (χ3n) is 7.53. The molecule has 0 saturated carbocycles. The lowest BCUT2D eigenvalue weighted by molar-refractivity contribution is 0.0358. The highest BCUT2D eigenvalue weighted by Gasteiger charge is 2.35. The van der Waals surface area contributed by atoms with Crippen LogP contribution >= 0.6 is 23.2 Å². The first-order valence-corrected chi connectivity index (χ1v) is 14.4. The number of carbonyl (C=O) groups excluding carboxylic acids is 1. The number of aromatic nitrogens is 1. The lowest BCUT2D eigenvalue weighted by Crippen LogP contribution is -2.42. The topological polar surface area (TPSA) is 67.0 Å². The summed E-state index contributed by atoms with van der Waals surface area (Å²) in [5.41, 5.74) is 4.09. The minimum absolute atomic E-state index is 0.356. The smallest absolute Gasteiger partial charge is 0.416 e. The van der Waals surface area contributed by atoms with Crippen LogP contribution in [0.3, 0.4) is 0 Å². The molecule has 1 aromatic heterocycles. The van der Waals surface area contributed by atoms with Gasteiger partial charge in [-0.15, -0.1) is 0 Å². The van der Waals surface area contributed by atoms with E-state index >= 15 is 0 Å². The fourth-order valence-corrected chi connectivity index (χ4v) is 5.81. The molecule has 0 aliphatic carbocycles. The van der Waals surface area contributed by atoms with E-state index < -0.39 is 6.09 Å². The van der Waals surface area contributed by atoms with Crippen molar-refractivity contribution >= 4 is 40.2 Å². The summed E-state index contributed by atoms with van der Waals surface area (Å²) in [6.45, 7) is 5.72. The van der Waals surface area contributed by atoms with Crippen LogP contribution in [0.15, 0.2) is 66.7 Å². The average Bonchev–Trinajstić information content (AvgIpc) is 3.35. The van der Waals surface area contributed by atoms with Gasteiger partial charge in [-0.3, -0.25) is 9.80 Å². The Morgan fingerprint density at radius 2 is 1.65 bits per heavy atom. The largest absolute Gasteiger partial charge is 0.494 e. The Morgan fingerprint density at radius 1 is 0.925 bits per heavy atom. The molecular formula is C31H31Cl2N3O4. The Kier molecular flexibility index (Phi) is 8.16. The van der Waals surface area contributed by atoms with Crippen LogP contribution in [0.25, 0.3) is 10.9 Å². The highest BCUT2D eigenvalue weighted by molar-refractivity contribution is 6.31. The molecular weight excluding hydrogens is 549 g/mol. The summed E-state index contributed by atoms with van der Waals surface area (Å²) in [6.07, 6.45) is 1.22. The number of benzene rings is 3. The number of rotatable bonds is 7. The molecule has 3 aromatic carbocycles. The van der Waals surface area contributed by atoms with E-state index in [1.807, 2.05) is 42.5 Å². The number of aromatic amines is 1. The zero-order chi connectivity index (χ0) is 27.5. The predicted octanol–water partition coefficient (Wildman–Crippen LogP) is 6.72. The van der Waals surface area contributed by atoms with Gasteiger partial charge in [-0.2, -0.15) is 0 Å². The van der Waals surface area contributed by atoms with Crippen molar-refractivity contribution in [2.45, 2.75) is 18.9 Å². The molecule has 2 aliphatic rings. The van der Waals surface area contributed by atoms with Crippen molar-refractivity contribution in [2.75, 3.05) is 46.0 Å². The molecule has 1 amide bonds. The fraction of sp³-hybridized carbons (Fsp3) is 0.323.